The molecule has 2 amide bonds. The van der Waals surface area contributed by atoms with Gasteiger partial charge in [-0.25, -0.2) is 0 Å². The second-order valence-electron chi connectivity index (χ2n) is 5.80. The van der Waals surface area contributed by atoms with E-state index in [1.54, 1.807) is 11.9 Å². The van der Waals surface area contributed by atoms with E-state index >= 15 is 0 Å². The Morgan fingerprint density at radius 2 is 2.18 bits per heavy atom. The first-order chi connectivity index (χ1) is 10.6. The number of rotatable bonds is 7. The molecule has 5 heteroatoms. The third kappa shape index (κ3) is 4.77. The van der Waals surface area contributed by atoms with Gasteiger partial charge in [-0.3, -0.25) is 9.59 Å². The van der Waals surface area contributed by atoms with Crippen LogP contribution in [-0.2, 0) is 15.3 Å². The van der Waals surface area contributed by atoms with Crippen molar-refractivity contribution in [2.45, 2.75) is 25.5 Å². The van der Waals surface area contributed by atoms with E-state index in [9.17, 15) is 9.59 Å². The zero-order valence-corrected chi connectivity index (χ0v) is 14.1. The Balaban J connectivity index is 1.57. The molecule has 1 N–H and O–H groups in total. The van der Waals surface area contributed by atoms with Crippen molar-refractivity contribution in [3.8, 4) is 0 Å². The lowest BCUT2D eigenvalue weighted by molar-refractivity contribution is -0.128. The molecule has 0 spiro atoms. The predicted octanol–water partition coefficient (Wildman–Crippen LogP) is 2.21. The van der Waals surface area contributed by atoms with Crippen molar-refractivity contribution < 1.29 is 9.59 Å². The number of hydrogen-bond donors (Lipinski definition) is 1. The van der Waals surface area contributed by atoms with Gasteiger partial charge in [0.2, 0.25) is 11.8 Å². The van der Waals surface area contributed by atoms with Crippen LogP contribution in [-0.4, -0.2) is 42.6 Å². The number of nitrogens with one attached hydrogen (secondary N) is 1. The van der Waals surface area contributed by atoms with Gasteiger partial charge in [0, 0.05) is 32.3 Å². The summed E-state index contributed by atoms with van der Waals surface area (Å²) in [6, 6.07) is 8.43. The van der Waals surface area contributed by atoms with Crippen LogP contribution in [0.2, 0.25) is 0 Å². The van der Waals surface area contributed by atoms with Crippen molar-refractivity contribution in [2.75, 3.05) is 25.9 Å². The van der Waals surface area contributed by atoms with Crippen molar-refractivity contribution >= 4 is 23.6 Å². The summed E-state index contributed by atoms with van der Waals surface area (Å²) in [4.78, 5) is 25.0. The minimum Gasteiger partial charge on any atom is -0.356 e. The first-order valence-corrected chi connectivity index (χ1v) is 8.87. The number of hydrogen-bond acceptors (Lipinski definition) is 3. The van der Waals surface area contributed by atoms with Crippen LogP contribution in [0.4, 0.5) is 0 Å². The van der Waals surface area contributed by atoms with Crippen LogP contribution >= 0.6 is 11.8 Å². The topological polar surface area (TPSA) is 49.4 Å². The molecule has 1 heterocycles. The molecule has 0 aromatic heterocycles. The summed E-state index contributed by atoms with van der Waals surface area (Å²) in [5, 5.41) is 2.94. The highest BCUT2D eigenvalue weighted by Gasteiger charge is 2.31. The molecule has 1 aliphatic rings. The van der Waals surface area contributed by atoms with Crippen LogP contribution in [0.5, 0.6) is 0 Å². The molecular weight excluding hydrogens is 296 g/mol. The summed E-state index contributed by atoms with van der Waals surface area (Å²) in [5.41, 5.74) is 2.71. The molecule has 1 fully saturated rings. The molecule has 2 rings (SSSR count). The number of likely N-dealkylation sites (tertiary alicyclic amines) is 1. The van der Waals surface area contributed by atoms with E-state index in [0.717, 1.165) is 17.9 Å². The lowest BCUT2D eigenvalue weighted by atomic mass is 10.1. The zero-order chi connectivity index (χ0) is 15.9. The Bertz CT molecular complexity index is 533. The molecule has 0 aliphatic carbocycles. The van der Waals surface area contributed by atoms with Crippen LogP contribution in [0.3, 0.4) is 0 Å². The maximum Gasteiger partial charge on any atom is 0.225 e. The summed E-state index contributed by atoms with van der Waals surface area (Å²) < 4.78 is 0. The number of thioether (sulfide) groups is 1. The van der Waals surface area contributed by atoms with Crippen LogP contribution in [0.15, 0.2) is 24.3 Å². The number of benzene rings is 1. The fourth-order valence-electron chi connectivity index (χ4n) is 2.52. The van der Waals surface area contributed by atoms with E-state index in [1.807, 2.05) is 11.8 Å². The maximum absolute atomic E-state index is 11.9. The van der Waals surface area contributed by atoms with Crippen molar-refractivity contribution in [2.24, 2.45) is 5.92 Å². The van der Waals surface area contributed by atoms with E-state index in [0.29, 0.717) is 19.5 Å². The first kappa shape index (κ1) is 16.9. The molecule has 1 aromatic rings. The molecule has 0 bridgehead atoms. The van der Waals surface area contributed by atoms with Gasteiger partial charge >= 0.3 is 0 Å². The molecule has 1 saturated heterocycles. The molecule has 4 nitrogen and oxygen atoms in total. The van der Waals surface area contributed by atoms with Gasteiger partial charge in [0.15, 0.2) is 0 Å². The molecular formula is C17H24N2O2S. The molecule has 120 valence electrons. The van der Waals surface area contributed by atoms with Crippen LogP contribution < -0.4 is 5.32 Å². The SMILES string of the molecule is Cc1ccccc1CSCCCNC(=O)[C@H]1CC(=O)N(C)C1. The average Bonchev–Trinajstić information content (AvgIpc) is 2.84. The average molecular weight is 320 g/mol. The van der Waals surface area contributed by atoms with Gasteiger partial charge in [0.1, 0.15) is 0 Å². The number of amides is 2. The standard InChI is InChI=1S/C17H24N2O2S/c1-13-6-3-4-7-14(13)12-22-9-5-8-18-17(21)15-10-16(20)19(2)11-15/h3-4,6-7,15H,5,8-12H2,1-2H3,(H,18,21)/t15-/m0/s1. The van der Waals surface area contributed by atoms with Gasteiger partial charge in [-0.2, -0.15) is 11.8 Å². The van der Waals surface area contributed by atoms with E-state index in [1.165, 1.54) is 11.1 Å². The zero-order valence-electron chi connectivity index (χ0n) is 13.3. The number of aryl methyl sites for hydroxylation is 1. The third-order valence-electron chi connectivity index (χ3n) is 4.00. The minimum atomic E-state index is -0.169. The van der Waals surface area contributed by atoms with E-state index in [-0.39, 0.29) is 17.7 Å². The highest BCUT2D eigenvalue weighted by molar-refractivity contribution is 7.98. The summed E-state index contributed by atoms with van der Waals surface area (Å²) in [7, 11) is 1.75. The van der Waals surface area contributed by atoms with Gasteiger partial charge < -0.3 is 10.2 Å². The lowest BCUT2D eigenvalue weighted by Crippen LogP contribution is -2.33. The van der Waals surface area contributed by atoms with Crippen LogP contribution in [0, 0.1) is 12.8 Å². The van der Waals surface area contributed by atoms with Crippen molar-refractivity contribution in [3.63, 3.8) is 0 Å². The van der Waals surface area contributed by atoms with Crippen LogP contribution in [0.25, 0.3) is 0 Å². The maximum atomic E-state index is 11.9. The highest BCUT2D eigenvalue weighted by atomic mass is 32.2. The predicted molar refractivity (Wildman–Crippen MR) is 90.7 cm³/mol. The van der Waals surface area contributed by atoms with Gasteiger partial charge in [-0.15, -0.1) is 0 Å². The number of carbonyl (C=O) groups is 2. The largest absolute Gasteiger partial charge is 0.356 e. The van der Waals surface area contributed by atoms with E-state index < -0.39 is 0 Å². The van der Waals surface area contributed by atoms with E-state index in [2.05, 4.69) is 36.5 Å². The molecule has 1 aliphatic heterocycles. The van der Waals surface area contributed by atoms with Gasteiger partial charge in [-0.1, -0.05) is 24.3 Å². The quantitative estimate of drug-likeness (QED) is 0.784. The van der Waals surface area contributed by atoms with Crippen molar-refractivity contribution in [1.29, 1.82) is 0 Å². The number of carbonyl (C=O) groups excluding carboxylic acids is 2. The Hall–Kier alpha value is -1.49. The normalized spacial score (nSPS) is 17.8. The van der Waals surface area contributed by atoms with Crippen LogP contribution in [0.1, 0.15) is 24.0 Å². The molecule has 0 saturated carbocycles. The minimum absolute atomic E-state index is 0.0154. The summed E-state index contributed by atoms with van der Waals surface area (Å²) in [6.07, 6.45) is 1.31. The fraction of sp³-hybridized carbons (Fsp3) is 0.529. The van der Waals surface area contributed by atoms with E-state index in [4.69, 9.17) is 0 Å². The number of nitrogens with zero attached hydrogens (tertiary/aromatic N) is 1. The third-order valence-corrected chi connectivity index (χ3v) is 5.09. The molecule has 22 heavy (non-hydrogen) atoms. The smallest absolute Gasteiger partial charge is 0.225 e. The lowest BCUT2D eigenvalue weighted by Gasteiger charge is -2.11. The fourth-order valence-corrected chi connectivity index (χ4v) is 3.56. The molecule has 0 radical (unpaired) electrons. The second-order valence-corrected chi connectivity index (χ2v) is 6.90. The Morgan fingerprint density at radius 3 is 2.86 bits per heavy atom. The Morgan fingerprint density at radius 1 is 1.41 bits per heavy atom. The van der Waals surface area contributed by atoms with Crippen molar-refractivity contribution in [1.82, 2.24) is 10.2 Å². The summed E-state index contributed by atoms with van der Waals surface area (Å²) >= 11 is 1.89. The van der Waals surface area contributed by atoms with Gasteiger partial charge in [-0.05, 0) is 30.2 Å². The first-order valence-electron chi connectivity index (χ1n) is 7.72. The molecule has 1 atom stereocenters. The Kier molecular flexibility index (Phi) is 6.31. The highest BCUT2D eigenvalue weighted by Crippen LogP contribution is 2.17. The second kappa shape index (κ2) is 8.22. The molecule has 0 unspecified atom stereocenters. The Labute approximate surface area is 136 Å². The van der Waals surface area contributed by atoms with Gasteiger partial charge in [0.25, 0.3) is 0 Å². The summed E-state index contributed by atoms with van der Waals surface area (Å²) in [5.74, 6) is 1.95. The van der Waals surface area contributed by atoms with Crippen molar-refractivity contribution in [3.05, 3.63) is 35.4 Å². The van der Waals surface area contributed by atoms with Gasteiger partial charge in [0.05, 0.1) is 5.92 Å². The monoisotopic (exact) mass is 320 g/mol. The summed E-state index contributed by atoms with van der Waals surface area (Å²) in [6.45, 7) is 3.37. The molecule has 1 aromatic carbocycles.